The molecule has 3 heteroatoms. The van der Waals surface area contributed by atoms with Gasteiger partial charge in [-0.25, -0.2) is 0 Å². The Bertz CT molecular complexity index is 303. The first kappa shape index (κ1) is 9.21. The van der Waals surface area contributed by atoms with Crippen LogP contribution in [-0.4, -0.2) is 19.0 Å². The summed E-state index contributed by atoms with van der Waals surface area (Å²) in [6.45, 7) is -0.360. The zero-order valence-corrected chi connectivity index (χ0v) is 8.07. The van der Waals surface area contributed by atoms with Crippen molar-refractivity contribution < 1.29 is 6.17 Å². The molecule has 1 aromatic carbocycles. The van der Waals surface area contributed by atoms with Crippen molar-refractivity contribution in [1.82, 2.24) is 5.32 Å². The summed E-state index contributed by atoms with van der Waals surface area (Å²) in [5.41, 5.74) is 6.17. The lowest BCUT2D eigenvalue weighted by Gasteiger charge is -2.02. The molecule has 0 heterocycles. The maximum absolute atomic E-state index is 10.5. The van der Waals surface area contributed by atoms with Crippen LogP contribution in [0.3, 0.4) is 0 Å². The predicted octanol–water partition coefficient (Wildman–Crippen LogP) is 0.694. The predicted molar refractivity (Wildman–Crippen MR) is 56.8 cm³/mol. The van der Waals surface area contributed by atoms with Crippen molar-refractivity contribution in [2.75, 3.05) is 13.1 Å². The topological polar surface area (TPSA) is 55.1 Å². The minimum atomic E-state index is -0.433. The monoisotopic (exact) mass is 193 g/mol. The Morgan fingerprint density at radius 3 is 2.79 bits per heavy atom. The summed E-state index contributed by atoms with van der Waals surface area (Å²) in [7, 11) is 0. The van der Waals surface area contributed by atoms with Crippen LogP contribution >= 0.6 is 0 Å². The smallest absolute Gasteiger partial charge is 0.231 e. The van der Waals surface area contributed by atoms with Crippen molar-refractivity contribution >= 4 is 5.91 Å². The summed E-state index contributed by atoms with van der Waals surface area (Å²) < 4.78 is 7.60. The molecule has 3 nitrogen and oxygen atoms in total. The van der Waals surface area contributed by atoms with Gasteiger partial charge in [0.15, 0.2) is 0 Å². The molecule has 0 unspecified atom stereocenters. The van der Waals surface area contributed by atoms with Gasteiger partial charge in [-0.05, 0) is 24.9 Å². The molecule has 1 atom stereocenters. The molecule has 0 saturated heterocycles. The number of carbonyl (C=O) groups excluding carboxylic acids is 1. The van der Waals surface area contributed by atoms with Gasteiger partial charge in [-0.1, -0.05) is 30.3 Å². The lowest BCUT2D eigenvalue weighted by molar-refractivity contribution is -0.117. The van der Waals surface area contributed by atoms with Crippen molar-refractivity contribution in [1.29, 1.82) is 0 Å². The Morgan fingerprint density at radius 2 is 2.14 bits per heavy atom. The molecule has 14 heavy (non-hydrogen) atoms. The zero-order valence-electron chi connectivity index (χ0n) is 9.07. The minimum absolute atomic E-state index is 0.0724. The summed E-state index contributed by atoms with van der Waals surface area (Å²) in [6.07, 6.45) is 1.51. The molecular weight excluding hydrogens is 176 g/mol. The first-order valence-corrected chi connectivity index (χ1v) is 4.66. The molecule has 1 aromatic rings. The Hall–Kier alpha value is -1.35. The van der Waals surface area contributed by atoms with Crippen molar-refractivity contribution in [3.63, 3.8) is 0 Å². The molecule has 0 saturated carbocycles. The van der Waals surface area contributed by atoms with Gasteiger partial charge >= 0.3 is 0 Å². The molecule has 0 spiro atoms. The maximum atomic E-state index is 10.5. The molecule has 0 aromatic heterocycles. The third-order valence-electron chi connectivity index (χ3n) is 1.84. The fraction of sp³-hybridized carbons (Fsp3) is 0.364. The number of nitrogens with one attached hydrogen (secondary N) is 1. The Labute approximate surface area is 85.7 Å². The highest BCUT2D eigenvalue weighted by Gasteiger charge is 1.93. The van der Waals surface area contributed by atoms with E-state index >= 15 is 0 Å². The number of hydrogen-bond acceptors (Lipinski definition) is 2. The van der Waals surface area contributed by atoms with Gasteiger partial charge in [0.1, 0.15) is 0 Å². The summed E-state index contributed by atoms with van der Waals surface area (Å²) in [5, 5.41) is 2.74. The average molecular weight is 193 g/mol. The third kappa shape index (κ3) is 4.62. The first-order chi connectivity index (χ1) is 7.18. The van der Waals surface area contributed by atoms with Gasteiger partial charge in [0, 0.05) is 1.37 Å². The lowest BCUT2D eigenvalue weighted by atomic mass is 10.1. The number of primary amides is 1. The number of carbonyl (C=O) groups is 1. The van der Waals surface area contributed by atoms with Gasteiger partial charge in [0.25, 0.3) is 0 Å². The van der Waals surface area contributed by atoms with Crippen molar-refractivity contribution in [3.8, 4) is 0 Å². The van der Waals surface area contributed by atoms with E-state index in [0.29, 0.717) is 6.42 Å². The van der Waals surface area contributed by atoms with E-state index in [1.807, 2.05) is 30.3 Å². The lowest BCUT2D eigenvalue weighted by Crippen LogP contribution is -2.29. The molecule has 0 aliphatic heterocycles. The van der Waals surface area contributed by atoms with Crippen LogP contribution in [0.25, 0.3) is 0 Å². The highest BCUT2D eigenvalue weighted by molar-refractivity contribution is 5.75. The van der Waals surface area contributed by atoms with E-state index in [2.05, 4.69) is 5.32 Å². The molecule has 1 amide bonds. The van der Waals surface area contributed by atoms with Crippen LogP contribution in [0.1, 0.15) is 13.4 Å². The van der Waals surface area contributed by atoms with Crippen LogP contribution in [0.2, 0.25) is 0 Å². The van der Waals surface area contributed by atoms with Gasteiger partial charge in [0.05, 0.1) is 6.54 Å². The molecular formula is C11H16N2O. The SMILES string of the molecule is [2H][C@H](CCc1ccccc1)NCC(N)=O. The molecule has 0 radical (unpaired) electrons. The van der Waals surface area contributed by atoms with Gasteiger partial charge in [-0.2, -0.15) is 0 Å². The van der Waals surface area contributed by atoms with Crippen LogP contribution in [0.15, 0.2) is 30.3 Å². The number of benzene rings is 1. The summed E-state index contributed by atoms with van der Waals surface area (Å²) >= 11 is 0. The molecule has 3 N–H and O–H groups in total. The summed E-state index contributed by atoms with van der Waals surface area (Å²) in [6, 6.07) is 9.98. The second-order valence-electron chi connectivity index (χ2n) is 3.08. The molecule has 76 valence electrons. The van der Waals surface area contributed by atoms with Crippen molar-refractivity contribution in [2.24, 2.45) is 5.73 Å². The highest BCUT2D eigenvalue weighted by Crippen LogP contribution is 2.00. The number of hydrogen-bond donors (Lipinski definition) is 2. The average Bonchev–Trinajstić information content (AvgIpc) is 2.25. The van der Waals surface area contributed by atoms with Crippen LogP contribution in [0.5, 0.6) is 0 Å². The standard InChI is InChI=1S/C11H16N2O/c12-11(14)9-13-8-4-7-10-5-2-1-3-6-10/h1-3,5-6,13H,4,7-9H2,(H2,12,14)/i8D/t8-/m1/s1. The van der Waals surface area contributed by atoms with E-state index in [1.165, 1.54) is 5.56 Å². The largest absolute Gasteiger partial charge is 0.369 e. The van der Waals surface area contributed by atoms with Crippen molar-refractivity contribution in [2.45, 2.75) is 12.8 Å². The Morgan fingerprint density at radius 1 is 1.43 bits per heavy atom. The summed E-state index contributed by atoms with van der Waals surface area (Å²) in [5.74, 6) is -0.424. The Kier molecular flexibility index (Phi) is 4.05. The number of aryl methyl sites for hydroxylation is 1. The van der Waals surface area contributed by atoms with Crippen LogP contribution in [-0.2, 0) is 11.2 Å². The zero-order chi connectivity index (χ0) is 11.1. The Balaban J connectivity index is 2.22. The third-order valence-corrected chi connectivity index (χ3v) is 1.84. The van der Waals surface area contributed by atoms with Gasteiger partial charge in [0.2, 0.25) is 5.91 Å². The fourth-order valence-electron chi connectivity index (χ4n) is 1.16. The number of amides is 1. The molecule has 0 fully saturated rings. The normalized spacial score (nSPS) is 13.3. The van der Waals surface area contributed by atoms with Gasteiger partial charge in [-0.15, -0.1) is 0 Å². The van der Waals surface area contributed by atoms with Crippen LogP contribution in [0, 0.1) is 0 Å². The molecule has 0 bridgehead atoms. The van der Waals surface area contributed by atoms with E-state index < -0.39 is 12.4 Å². The molecule has 1 rings (SSSR count). The van der Waals surface area contributed by atoms with Crippen LogP contribution in [0.4, 0.5) is 0 Å². The second-order valence-corrected chi connectivity index (χ2v) is 3.08. The highest BCUT2D eigenvalue weighted by atomic mass is 16.1. The van der Waals surface area contributed by atoms with Crippen molar-refractivity contribution in [3.05, 3.63) is 35.9 Å². The number of rotatable bonds is 6. The molecule has 0 aliphatic rings. The number of nitrogens with two attached hydrogens (primary N) is 1. The summed E-state index contributed by atoms with van der Waals surface area (Å²) in [4.78, 5) is 10.5. The van der Waals surface area contributed by atoms with E-state index in [-0.39, 0.29) is 6.54 Å². The van der Waals surface area contributed by atoms with E-state index in [4.69, 9.17) is 7.10 Å². The second kappa shape index (κ2) is 6.16. The van der Waals surface area contributed by atoms with E-state index in [0.717, 1.165) is 6.42 Å². The van der Waals surface area contributed by atoms with E-state index in [9.17, 15) is 4.79 Å². The van der Waals surface area contributed by atoms with Gasteiger partial charge < -0.3 is 11.1 Å². The first-order valence-electron chi connectivity index (χ1n) is 5.24. The molecule has 0 aliphatic carbocycles. The quantitative estimate of drug-likeness (QED) is 0.698. The van der Waals surface area contributed by atoms with Gasteiger partial charge in [-0.3, -0.25) is 4.79 Å². The minimum Gasteiger partial charge on any atom is -0.369 e. The van der Waals surface area contributed by atoms with Crippen LogP contribution < -0.4 is 11.1 Å². The fourth-order valence-corrected chi connectivity index (χ4v) is 1.16. The maximum Gasteiger partial charge on any atom is 0.231 e. The van der Waals surface area contributed by atoms with E-state index in [1.54, 1.807) is 0 Å².